The van der Waals surface area contributed by atoms with Crippen molar-refractivity contribution >= 4 is 39.2 Å². The third kappa shape index (κ3) is 5.00. The zero-order chi connectivity index (χ0) is 21.5. The summed E-state index contributed by atoms with van der Waals surface area (Å²) in [6, 6.07) is 11.8. The number of carbonyl (C=O) groups is 1. The number of nitro groups is 1. The lowest BCUT2D eigenvalue weighted by Gasteiger charge is -2.09. The van der Waals surface area contributed by atoms with Crippen molar-refractivity contribution in [3.8, 4) is 5.75 Å². The first-order valence-corrected chi connectivity index (χ1v) is 10.1. The van der Waals surface area contributed by atoms with Gasteiger partial charge in [0, 0.05) is 31.9 Å². The van der Waals surface area contributed by atoms with Crippen LogP contribution in [0.25, 0.3) is 16.3 Å². The van der Waals surface area contributed by atoms with E-state index in [0.29, 0.717) is 30.1 Å². The summed E-state index contributed by atoms with van der Waals surface area (Å²) in [5.74, 6) is 0.264. The highest BCUT2D eigenvalue weighted by atomic mass is 32.1. The number of methoxy groups -OCH3 is 1. The second-order valence-electron chi connectivity index (χ2n) is 6.20. The summed E-state index contributed by atoms with van der Waals surface area (Å²) in [6.07, 6.45) is 2.81. The molecule has 3 aromatic rings. The van der Waals surface area contributed by atoms with E-state index in [1.54, 1.807) is 19.2 Å². The molecule has 0 radical (unpaired) electrons. The Morgan fingerprint density at radius 1 is 1.30 bits per heavy atom. The van der Waals surface area contributed by atoms with Gasteiger partial charge >= 0.3 is 0 Å². The SMILES string of the molecule is CCOc1cccc2sc(=NC(=O)/C=C/c3cccc([N+](=O)[O-])c3)n(CCOC)c12. The summed E-state index contributed by atoms with van der Waals surface area (Å²) < 4.78 is 13.8. The second kappa shape index (κ2) is 9.95. The molecule has 156 valence electrons. The van der Waals surface area contributed by atoms with Crippen LogP contribution in [0.4, 0.5) is 5.69 Å². The second-order valence-corrected chi connectivity index (χ2v) is 7.21. The first-order chi connectivity index (χ1) is 14.5. The van der Waals surface area contributed by atoms with Crippen molar-refractivity contribution < 1.29 is 19.2 Å². The number of non-ortho nitro benzene ring substituents is 1. The number of benzene rings is 2. The van der Waals surface area contributed by atoms with E-state index in [0.717, 1.165) is 16.0 Å². The predicted molar refractivity (Wildman–Crippen MR) is 116 cm³/mol. The molecular weight excluding hydrogens is 406 g/mol. The number of thiazole rings is 1. The Morgan fingerprint density at radius 3 is 2.83 bits per heavy atom. The maximum absolute atomic E-state index is 12.5. The van der Waals surface area contributed by atoms with Crippen molar-refractivity contribution in [1.29, 1.82) is 0 Å². The molecule has 3 rings (SSSR count). The first kappa shape index (κ1) is 21.4. The minimum absolute atomic E-state index is 0.0353. The molecule has 0 aliphatic rings. The molecule has 0 aliphatic heterocycles. The van der Waals surface area contributed by atoms with Crippen LogP contribution in [0.15, 0.2) is 53.5 Å². The van der Waals surface area contributed by atoms with E-state index in [1.807, 2.05) is 29.7 Å². The van der Waals surface area contributed by atoms with Crippen molar-refractivity contribution in [2.45, 2.75) is 13.5 Å². The van der Waals surface area contributed by atoms with Crippen LogP contribution < -0.4 is 9.54 Å². The van der Waals surface area contributed by atoms with Gasteiger partial charge in [-0.2, -0.15) is 4.99 Å². The molecule has 2 aromatic carbocycles. The molecule has 0 bridgehead atoms. The fourth-order valence-electron chi connectivity index (χ4n) is 2.89. The van der Waals surface area contributed by atoms with Crippen molar-refractivity contribution in [1.82, 2.24) is 4.57 Å². The van der Waals surface area contributed by atoms with Gasteiger partial charge in [-0.15, -0.1) is 0 Å². The van der Waals surface area contributed by atoms with Gasteiger partial charge in [0.15, 0.2) is 4.80 Å². The molecule has 9 heteroatoms. The Balaban J connectivity index is 1.98. The number of carbonyl (C=O) groups excluding carboxylic acids is 1. The number of aromatic nitrogens is 1. The molecule has 0 N–H and O–H groups in total. The summed E-state index contributed by atoms with van der Waals surface area (Å²) >= 11 is 1.39. The minimum Gasteiger partial charge on any atom is -0.492 e. The quantitative estimate of drug-likeness (QED) is 0.310. The molecule has 0 saturated carbocycles. The fourth-order valence-corrected chi connectivity index (χ4v) is 3.97. The van der Waals surface area contributed by atoms with Gasteiger partial charge in [-0.25, -0.2) is 0 Å². The Morgan fingerprint density at radius 2 is 2.10 bits per heavy atom. The number of fused-ring (bicyclic) bond motifs is 1. The maximum Gasteiger partial charge on any atom is 0.272 e. The van der Waals surface area contributed by atoms with Crippen LogP contribution in [0.1, 0.15) is 12.5 Å². The molecule has 1 heterocycles. The first-order valence-electron chi connectivity index (χ1n) is 9.28. The highest BCUT2D eigenvalue weighted by Crippen LogP contribution is 2.27. The number of nitrogens with zero attached hydrogens (tertiary/aromatic N) is 3. The van der Waals surface area contributed by atoms with Gasteiger partial charge < -0.3 is 14.0 Å². The minimum atomic E-state index is -0.477. The number of hydrogen-bond donors (Lipinski definition) is 0. The van der Waals surface area contributed by atoms with Crippen molar-refractivity contribution in [2.24, 2.45) is 4.99 Å². The number of nitro benzene ring substituents is 1. The van der Waals surface area contributed by atoms with E-state index in [4.69, 9.17) is 9.47 Å². The Kier molecular flexibility index (Phi) is 7.10. The highest BCUT2D eigenvalue weighted by molar-refractivity contribution is 7.16. The smallest absolute Gasteiger partial charge is 0.272 e. The van der Waals surface area contributed by atoms with Crippen LogP contribution in [-0.4, -0.2) is 35.7 Å². The molecule has 1 amide bonds. The molecule has 0 aliphatic carbocycles. The van der Waals surface area contributed by atoms with Gasteiger partial charge in [0.05, 0.1) is 22.8 Å². The summed E-state index contributed by atoms with van der Waals surface area (Å²) in [4.78, 5) is 27.6. The maximum atomic E-state index is 12.5. The van der Waals surface area contributed by atoms with Crippen LogP contribution in [0.5, 0.6) is 5.75 Å². The normalized spacial score (nSPS) is 12.0. The third-order valence-corrected chi connectivity index (χ3v) is 5.23. The topological polar surface area (TPSA) is 96.0 Å². The Bertz CT molecular complexity index is 1160. The molecule has 0 saturated heterocycles. The van der Waals surface area contributed by atoms with E-state index in [1.165, 1.54) is 35.6 Å². The Hall–Kier alpha value is -3.30. The van der Waals surface area contributed by atoms with Gasteiger partial charge in [-0.05, 0) is 30.7 Å². The molecule has 0 unspecified atom stereocenters. The number of hydrogen-bond acceptors (Lipinski definition) is 6. The highest BCUT2D eigenvalue weighted by Gasteiger charge is 2.12. The largest absolute Gasteiger partial charge is 0.492 e. The van der Waals surface area contributed by atoms with Crippen LogP contribution in [0, 0.1) is 10.1 Å². The average Bonchev–Trinajstić information content (AvgIpc) is 3.09. The lowest BCUT2D eigenvalue weighted by Crippen LogP contribution is -2.19. The van der Waals surface area contributed by atoms with Crippen molar-refractivity contribution in [3.63, 3.8) is 0 Å². The fraction of sp³-hybridized carbons (Fsp3) is 0.238. The lowest BCUT2D eigenvalue weighted by molar-refractivity contribution is -0.384. The summed E-state index contributed by atoms with van der Waals surface area (Å²) in [5, 5.41) is 10.9. The van der Waals surface area contributed by atoms with Crippen molar-refractivity contribution in [3.05, 3.63) is 69.0 Å². The van der Waals surface area contributed by atoms with Crippen LogP contribution >= 0.6 is 11.3 Å². The molecule has 0 fully saturated rings. The third-order valence-electron chi connectivity index (χ3n) is 4.19. The monoisotopic (exact) mass is 427 g/mol. The zero-order valence-corrected chi connectivity index (χ0v) is 17.4. The predicted octanol–water partition coefficient (Wildman–Crippen LogP) is 3.80. The standard InChI is InChI=1S/C21H21N3O5S/c1-3-29-17-8-5-9-18-20(17)23(12-13-28-2)21(30-18)22-19(25)11-10-15-6-4-7-16(14-15)24(26)27/h4-11,14H,3,12-13H2,1-2H3/b11-10+,22-21?. The van der Waals surface area contributed by atoms with Gasteiger partial charge in [0.25, 0.3) is 11.6 Å². The number of para-hydroxylation sites is 1. The van der Waals surface area contributed by atoms with E-state index >= 15 is 0 Å². The van der Waals surface area contributed by atoms with Crippen LogP contribution in [0.2, 0.25) is 0 Å². The van der Waals surface area contributed by atoms with Gasteiger partial charge in [-0.3, -0.25) is 14.9 Å². The summed E-state index contributed by atoms with van der Waals surface area (Å²) in [7, 11) is 1.61. The molecular formula is C21H21N3O5S. The van der Waals surface area contributed by atoms with Gasteiger partial charge in [-0.1, -0.05) is 29.5 Å². The molecule has 0 spiro atoms. The van der Waals surface area contributed by atoms with E-state index in [-0.39, 0.29) is 5.69 Å². The molecule has 1 aromatic heterocycles. The van der Waals surface area contributed by atoms with Crippen LogP contribution in [-0.2, 0) is 16.1 Å². The van der Waals surface area contributed by atoms with Gasteiger partial charge in [0.2, 0.25) is 0 Å². The average molecular weight is 427 g/mol. The Labute approximate surface area is 176 Å². The van der Waals surface area contributed by atoms with E-state index in [2.05, 4.69) is 4.99 Å². The van der Waals surface area contributed by atoms with E-state index in [9.17, 15) is 14.9 Å². The molecule has 0 atom stereocenters. The molecule has 30 heavy (non-hydrogen) atoms. The zero-order valence-electron chi connectivity index (χ0n) is 16.6. The number of ether oxygens (including phenoxy) is 2. The number of amides is 1. The summed E-state index contributed by atoms with van der Waals surface area (Å²) in [6.45, 7) is 3.41. The van der Waals surface area contributed by atoms with Crippen molar-refractivity contribution in [2.75, 3.05) is 20.3 Å². The number of rotatable bonds is 8. The van der Waals surface area contributed by atoms with Gasteiger partial charge in [0.1, 0.15) is 11.3 Å². The van der Waals surface area contributed by atoms with Crippen LogP contribution in [0.3, 0.4) is 0 Å². The summed E-state index contributed by atoms with van der Waals surface area (Å²) in [5.41, 5.74) is 1.39. The van der Waals surface area contributed by atoms with E-state index < -0.39 is 10.8 Å². The molecule has 8 nitrogen and oxygen atoms in total. The lowest BCUT2D eigenvalue weighted by atomic mass is 10.2.